The second-order valence-corrected chi connectivity index (χ2v) is 5.54. The monoisotopic (exact) mass is 257 g/mol. The molecular weight excluding hydrogens is 238 g/mol. The highest BCUT2D eigenvalue weighted by Crippen LogP contribution is 2.39. The topological polar surface area (TPSA) is 64.9 Å². The highest BCUT2D eigenvalue weighted by molar-refractivity contribution is 5.40. The van der Waals surface area contributed by atoms with Crippen LogP contribution in [0, 0.1) is 20.8 Å². The Morgan fingerprint density at radius 1 is 1.16 bits per heavy atom. The van der Waals surface area contributed by atoms with Crippen LogP contribution in [0.1, 0.15) is 58.8 Å². The normalized spacial score (nSPS) is 16.6. The molecule has 4 heteroatoms. The first kappa shape index (κ1) is 12.4. The smallest absolute Gasteiger partial charge is 0.229 e. The first-order valence-electron chi connectivity index (χ1n) is 6.73. The van der Waals surface area contributed by atoms with Crippen LogP contribution >= 0.6 is 0 Å². The Labute approximate surface area is 113 Å². The second kappa shape index (κ2) is 4.46. The summed E-state index contributed by atoms with van der Waals surface area (Å²) in [6, 6.07) is 3.98. The Kier molecular flexibility index (Phi) is 2.90. The summed E-state index contributed by atoms with van der Waals surface area (Å²) in [5, 5.41) is 4.04. The summed E-state index contributed by atoms with van der Waals surface area (Å²) >= 11 is 0. The van der Waals surface area contributed by atoms with E-state index in [2.05, 4.69) is 43.0 Å². The molecule has 3 rings (SSSR count). The van der Waals surface area contributed by atoms with Crippen molar-refractivity contribution in [1.29, 1.82) is 0 Å². The number of aryl methyl sites for hydroxylation is 3. The molecule has 1 saturated carbocycles. The lowest BCUT2D eigenvalue weighted by atomic mass is 9.96. The average Bonchev–Trinajstić information content (AvgIpc) is 3.11. The molecule has 1 atom stereocenters. The third kappa shape index (κ3) is 2.28. The second-order valence-electron chi connectivity index (χ2n) is 5.54. The van der Waals surface area contributed by atoms with Crippen LogP contribution in [-0.4, -0.2) is 10.1 Å². The number of hydrogen-bond acceptors (Lipinski definition) is 4. The Hall–Kier alpha value is -1.68. The molecule has 0 radical (unpaired) electrons. The molecule has 1 heterocycles. The van der Waals surface area contributed by atoms with E-state index < -0.39 is 0 Å². The van der Waals surface area contributed by atoms with Crippen molar-refractivity contribution in [1.82, 2.24) is 10.1 Å². The van der Waals surface area contributed by atoms with Crippen LogP contribution in [0.15, 0.2) is 16.7 Å². The van der Waals surface area contributed by atoms with Crippen molar-refractivity contribution in [3.8, 4) is 0 Å². The number of nitrogens with zero attached hydrogens (tertiary/aromatic N) is 2. The minimum Gasteiger partial charge on any atom is -0.339 e. The molecule has 0 aliphatic heterocycles. The fourth-order valence-electron chi connectivity index (χ4n) is 2.33. The first-order valence-corrected chi connectivity index (χ1v) is 6.73. The largest absolute Gasteiger partial charge is 0.339 e. The van der Waals surface area contributed by atoms with Crippen LogP contribution in [-0.2, 0) is 0 Å². The van der Waals surface area contributed by atoms with Crippen molar-refractivity contribution < 1.29 is 4.52 Å². The summed E-state index contributed by atoms with van der Waals surface area (Å²) in [7, 11) is 0. The minimum absolute atomic E-state index is 0.310. The van der Waals surface area contributed by atoms with E-state index in [1.807, 2.05) is 0 Å². The maximum absolute atomic E-state index is 6.28. The molecule has 1 fully saturated rings. The van der Waals surface area contributed by atoms with E-state index in [0.717, 1.165) is 24.3 Å². The van der Waals surface area contributed by atoms with Crippen molar-refractivity contribution in [2.75, 3.05) is 0 Å². The van der Waals surface area contributed by atoms with Gasteiger partial charge in [0.05, 0.1) is 6.04 Å². The highest BCUT2D eigenvalue weighted by Gasteiger charge is 2.30. The number of nitrogens with two attached hydrogens (primary N) is 1. The molecule has 1 aromatic carbocycles. The minimum atomic E-state index is -0.310. The van der Waals surface area contributed by atoms with Crippen molar-refractivity contribution in [3.05, 3.63) is 46.1 Å². The van der Waals surface area contributed by atoms with Gasteiger partial charge in [0.15, 0.2) is 5.82 Å². The van der Waals surface area contributed by atoms with E-state index in [4.69, 9.17) is 10.3 Å². The van der Waals surface area contributed by atoms with Gasteiger partial charge < -0.3 is 10.3 Å². The molecule has 1 unspecified atom stereocenters. The third-order valence-corrected chi connectivity index (χ3v) is 3.88. The van der Waals surface area contributed by atoms with Gasteiger partial charge in [0, 0.05) is 5.92 Å². The Morgan fingerprint density at radius 3 is 2.53 bits per heavy atom. The molecule has 4 nitrogen and oxygen atoms in total. The lowest BCUT2D eigenvalue weighted by Gasteiger charge is -2.13. The average molecular weight is 257 g/mol. The number of hydrogen-bond donors (Lipinski definition) is 1. The van der Waals surface area contributed by atoms with Crippen LogP contribution in [0.25, 0.3) is 0 Å². The van der Waals surface area contributed by atoms with Gasteiger partial charge in [-0.2, -0.15) is 4.98 Å². The molecular formula is C15H19N3O. The maximum atomic E-state index is 6.28. The zero-order valence-corrected chi connectivity index (χ0v) is 11.6. The lowest BCUT2D eigenvalue weighted by molar-refractivity contribution is 0.372. The zero-order chi connectivity index (χ0) is 13.6. The molecule has 0 spiro atoms. The summed E-state index contributed by atoms with van der Waals surface area (Å²) < 4.78 is 5.28. The molecule has 1 aliphatic carbocycles. The van der Waals surface area contributed by atoms with Crippen molar-refractivity contribution in [2.24, 2.45) is 5.73 Å². The van der Waals surface area contributed by atoms with Crippen molar-refractivity contribution >= 4 is 0 Å². The van der Waals surface area contributed by atoms with Crippen LogP contribution in [0.3, 0.4) is 0 Å². The predicted octanol–water partition coefficient (Wildman–Crippen LogP) is 2.92. The molecule has 19 heavy (non-hydrogen) atoms. The Balaban J connectivity index is 1.93. The summed E-state index contributed by atoms with van der Waals surface area (Å²) in [5.41, 5.74) is 11.1. The lowest BCUT2D eigenvalue weighted by Crippen LogP contribution is -2.15. The molecule has 0 amide bonds. The van der Waals surface area contributed by atoms with Gasteiger partial charge in [0.2, 0.25) is 5.89 Å². The van der Waals surface area contributed by atoms with Gasteiger partial charge in [-0.25, -0.2) is 0 Å². The third-order valence-electron chi connectivity index (χ3n) is 3.88. The molecule has 1 aromatic heterocycles. The maximum Gasteiger partial charge on any atom is 0.229 e. The standard InChI is InChI=1S/C15H19N3O/c1-8-6-10(3)12(7-9(8)2)13(16)14-17-15(19-18-14)11-4-5-11/h6-7,11,13H,4-5,16H2,1-3H3. The van der Waals surface area contributed by atoms with Gasteiger partial charge >= 0.3 is 0 Å². The van der Waals surface area contributed by atoms with E-state index in [-0.39, 0.29) is 6.04 Å². The summed E-state index contributed by atoms with van der Waals surface area (Å²) in [5.74, 6) is 1.80. The Morgan fingerprint density at radius 2 is 1.84 bits per heavy atom. The van der Waals surface area contributed by atoms with E-state index in [9.17, 15) is 0 Å². The molecule has 0 bridgehead atoms. The van der Waals surface area contributed by atoms with Gasteiger partial charge in [0.1, 0.15) is 0 Å². The van der Waals surface area contributed by atoms with Gasteiger partial charge in [-0.05, 0) is 55.9 Å². The molecule has 0 saturated heterocycles. The fraction of sp³-hybridized carbons (Fsp3) is 0.467. The summed E-state index contributed by atoms with van der Waals surface area (Å²) in [6.45, 7) is 6.28. The zero-order valence-electron chi connectivity index (χ0n) is 11.6. The van der Waals surface area contributed by atoms with Crippen LogP contribution < -0.4 is 5.73 Å². The van der Waals surface area contributed by atoms with Gasteiger partial charge in [0.25, 0.3) is 0 Å². The Bertz CT molecular complexity index is 614. The van der Waals surface area contributed by atoms with E-state index in [0.29, 0.717) is 11.7 Å². The first-order chi connectivity index (χ1) is 9.06. The quantitative estimate of drug-likeness (QED) is 0.918. The summed E-state index contributed by atoms with van der Waals surface area (Å²) in [6.07, 6.45) is 2.30. The van der Waals surface area contributed by atoms with Crippen LogP contribution in [0.5, 0.6) is 0 Å². The van der Waals surface area contributed by atoms with Crippen molar-refractivity contribution in [2.45, 2.75) is 45.6 Å². The molecule has 1 aliphatic rings. The van der Waals surface area contributed by atoms with E-state index in [1.165, 1.54) is 16.7 Å². The van der Waals surface area contributed by atoms with Crippen molar-refractivity contribution in [3.63, 3.8) is 0 Å². The number of benzene rings is 1. The molecule has 2 N–H and O–H groups in total. The SMILES string of the molecule is Cc1cc(C)c(C(N)c2noc(C3CC3)n2)cc1C. The number of rotatable bonds is 3. The van der Waals surface area contributed by atoms with Gasteiger partial charge in [-0.3, -0.25) is 0 Å². The van der Waals surface area contributed by atoms with E-state index in [1.54, 1.807) is 0 Å². The molecule has 2 aromatic rings. The van der Waals surface area contributed by atoms with Crippen LogP contribution in [0.2, 0.25) is 0 Å². The predicted molar refractivity (Wildman–Crippen MR) is 73.0 cm³/mol. The van der Waals surface area contributed by atoms with Gasteiger partial charge in [-0.15, -0.1) is 0 Å². The molecule has 100 valence electrons. The number of aromatic nitrogens is 2. The van der Waals surface area contributed by atoms with Gasteiger partial charge in [-0.1, -0.05) is 17.3 Å². The summed E-state index contributed by atoms with van der Waals surface area (Å²) in [4.78, 5) is 4.44. The fourth-order valence-corrected chi connectivity index (χ4v) is 2.33. The highest BCUT2D eigenvalue weighted by atomic mass is 16.5. The van der Waals surface area contributed by atoms with Crippen LogP contribution in [0.4, 0.5) is 0 Å². The van der Waals surface area contributed by atoms with E-state index >= 15 is 0 Å².